The minimum atomic E-state index is -0.634. The summed E-state index contributed by atoms with van der Waals surface area (Å²) in [5, 5.41) is 18.5. The molecule has 1 rings (SSSR count). The SMILES string of the molecule is CCCN(C)C(=O)[C@@H](N)Cc1ccc(O)c(O)c1. The van der Waals surface area contributed by atoms with E-state index in [0.717, 1.165) is 12.0 Å². The largest absolute Gasteiger partial charge is 0.504 e. The van der Waals surface area contributed by atoms with Crippen molar-refractivity contribution in [1.29, 1.82) is 0 Å². The first-order valence-electron chi connectivity index (χ1n) is 5.97. The van der Waals surface area contributed by atoms with Gasteiger partial charge in [-0.15, -0.1) is 0 Å². The van der Waals surface area contributed by atoms with E-state index in [0.29, 0.717) is 13.0 Å². The van der Waals surface area contributed by atoms with Gasteiger partial charge in [-0.3, -0.25) is 4.79 Å². The smallest absolute Gasteiger partial charge is 0.239 e. The van der Waals surface area contributed by atoms with Crippen LogP contribution in [0.1, 0.15) is 18.9 Å². The van der Waals surface area contributed by atoms with Gasteiger partial charge in [0.25, 0.3) is 0 Å². The van der Waals surface area contributed by atoms with Gasteiger partial charge in [0, 0.05) is 13.6 Å². The van der Waals surface area contributed by atoms with Gasteiger partial charge < -0.3 is 20.8 Å². The molecule has 0 aromatic heterocycles. The molecule has 5 nitrogen and oxygen atoms in total. The molecule has 0 spiro atoms. The van der Waals surface area contributed by atoms with E-state index in [-0.39, 0.29) is 17.4 Å². The quantitative estimate of drug-likeness (QED) is 0.678. The molecule has 1 aromatic rings. The van der Waals surface area contributed by atoms with Gasteiger partial charge >= 0.3 is 0 Å². The van der Waals surface area contributed by atoms with Crippen molar-refractivity contribution in [2.45, 2.75) is 25.8 Å². The summed E-state index contributed by atoms with van der Waals surface area (Å²) in [6, 6.07) is 3.81. The second-order valence-corrected chi connectivity index (χ2v) is 4.39. The van der Waals surface area contributed by atoms with E-state index in [1.165, 1.54) is 12.1 Å². The predicted octanol–water partition coefficient (Wildman–Crippen LogP) is 0.836. The minimum absolute atomic E-state index is 0.121. The number of nitrogens with two attached hydrogens (primary N) is 1. The molecule has 0 unspecified atom stereocenters. The minimum Gasteiger partial charge on any atom is -0.504 e. The second-order valence-electron chi connectivity index (χ2n) is 4.39. The van der Waals surface area contributed by atoms with Crippen molar-refractivity contribution in [3.05, 3.63) is 23.8 Å². The number of rotatable bonds is 5. The Morgan fingerprint density at radius 1 is 1.39 bits per heavy atom. The maximum absolute atomic E-state index is 11.9. The van der Waals surface area contributed by atoms with Crippen LogP contribution in [0.25, 0.3) is 0 Å². The van der Waals surface area contributed by atoms with E-state index in [4.69, 9.17) is 5.73 Å². The third-order valence-corrected chi connectivity index (χ3v) is 2.75. The van der Waals surface area contributed by atoms with Crippen LogP contribution in [0.4, 0.5) is 0 Å². The van der Waals surface area contributed by atoms with Crippen LogP contribution in [0.15, 0.2) is 18.2 Å². The Labute approximate surface area is 107 Å². The van der Waals surface area contributed by atoms with Gasteiger partial charge in [0.15, 0.2) is 11.5 Å². The van der Waals surface area contributed by atoms with Gasteiger partial charge in [-0.2, -0.15) is 0 Å². The molecule has 0 saturated heterocycles. The van der Waals surface area contributed by atoms with Gasteiger partial charge in [0.1, 0.15) is 0 Å². The molecule has 1 atom stereocenters. The van der Waals surface area contributed by atoms with Crippen LogP contribution < -0.4 is 5.73 Å². The maximum atomic E-state index is 11.9. The number of phenolic OH excluding ortho intramolecular Hbond substituents is 2. The van der Waals surface area contributed by atoms with E-state index >= 15 is 0 Å². The Kier molecular flexibility index (Phi) is 4.97. The summed E-state index contributed by atoms with van der Waals surface area (Å²) < 4.78 is 0. The predicted molar refractivity (Wildman–Crippen MR) is 69.4 cm³/mol. The van der Waals surface area contributed by atoms with Crippen molar-refractivity contribution in [2.75, 3.05) is 13.6 Å². The molecule has 1 amide bonds. The number of hydrogen-bond acceptors (Lipinski definition) is 4. The van der Waals surface area contributed by atoms with Gasteiger partial charge in [-0.25, -0.2) is 0 Å². The topological polar surface area (TPSA) is 86.8 Å². The molecule has 100 valence electrons. The lowest BCUT2D eigenvalue weighted by Gasteiger charge is -2.20. The zero-order chi connectivity index (χ0) is 13.7. The normalized spacial score (nSPS) is 12.2. The van der Waals surface area contributed by atoms with E-state index in [1.807, 2.05) is 6.92 Å². The van der Waals surface area contributed by atoms with Gasteiger partial charge in [0.05, 0.1) is 6.04 Å². The lowest BCUT2D eigenvalue weighted by Crippen LogP contribution is -2.43. The number of carbonyl (C=O) groups excluding carboxylic acids is 1. The number of aromatic hydroxyl groups is 2. The van der Waals surface area contributed by atoms with Crippen molar-refractivity contribution in [3.63, 3.8) is 0 Å². The number of benzene rings is 1. The molecule has 0 saturated carbocycles. The zero-order valence-corrected chi connectivity index (χ0v) is 10.8. The van der Waals surface area contributed by atoms with Crippen LogP contribution in [0.2, 0.25) is 0 Å². The average Bonchev–Trinajstić information content (AvgIpc) is 2.33. The standard InChI is InChI=1S/C13H20N2O3/c1-3-6-15(2)13(18)10(14)7-9-4-5-11(16)12(17)8-9/h4-5,8,10,16-17H,3,6-7,14H2,1-2H3/t10-/m0/s1. The van der Waals surface area contributed by atoms with Crippen LogP contribution in [0.5, 0.6) is 11.5 Å². The highest BCUT2D eigenvalue weighted by atomic mass is 16.3. The Morgan fingerprint density at radius 2 is 2.06 bits per heavy atom. The molecule has 0 bridgehead atoms. The molecule has 5 heteroatoms. The maximum Gasteiger partial charge on any atom is 0.239 e. The van der Waals surface area contributed by atoms with Crippen molar-refractivity contribution < 1.29 is 15.0 Å². The van der Waals surface area contributed by atoms with Crippen LogP contribution in [-0.2, 0) is 11.2 Å². The van der Waals surface area contributed by atoms with Gasteiger partial charge in [0.2, 0.25) is 5.91 Å². The zero-order valence-electron chi connectivity index (χ0n) is 10.8. The number of likely N-dealkylation sites (N-methyl/N-ethyl adjacent to an activating group) is 1. The summed E-state index contributed by atoms with van der Waals surface area (Å²) >= 11 is 0. The molecular weight excluding hydrogens is 232 g/mol. The third kappa shape index (κ3) is 3.63. The van der Waals surface area contributed by atoms with Gasteiger partial charge in [-0.1, -0.05) is 13.0 Å². The van der Waals surface area contributed by atoms with E-state index in [1.54, 1.807) is 18.0 Å². The summed E-state index contributed by atoms with van der Waals surface area (Å²) in [6.45, 7) is 2.67. The summed E-state index contributed by atoms with van der Waals surface area (Å²) in [5.41, 5.74) is 6.55. The Bertz CT molecular complexity index is 421. The lowest BCUT2D eigenvalue weighted by molar-refractivity contribution is -0.131. The summed E-state index contributed by atoms with van der Waals surface area (Å²) in [7, 11) is 1.72. The van der Waals surface area contributed by atoms with Crippen molar-refractivity contribution in [1.82, 2.24) is 4.90 Å². The monoisotopic (exact) mass is 252 g/mol. The molecular formula is C13H20N2O3. The Morgan fingerprint density at radius 3 is 2.61 bits per heavy atom. The summed E-state index contributed by atoms with van der Waals surface area (Å²) in [5.74, 6) is -0.500. The first-order chi connectivity index (χ1) is 8.45. The summed E-state index contributed by atoms with van der Waals surface area (Å²) in [6.07, 6.45) is 1.22. The molecule has 18 heavy (non-hydrogen) atoms. The van der Waals surface area contributed by atoms with Crippen molar-refractivity contribution >= 4 is 5.91 Å². The molecule has 0 fully saturated rings. The summed E-state index contributed by atoms with van der Waals surface area (Å²) in [4.78, 5) is 13.5. The van der Waals surface area contributed by atoms with E-state index < -0.39 is 6.04 Å². The number of amides is 1. The Balaban J connectivity index is 2.66. The number of hydrogen-bond donors (Lipinski definition) is 3. The van der Waals surface area contributed by atoms with Crippen molar-refractivity contribution in [3.8, 4) is 11.5 Å². The number of carbonyl (C=O) groups is 1. The highest BCUT2D eigenvalue weighted by Crippen LogP contribution is 2.25. The van der Waals surface area contributed by atoms with Crippen LogP contribution in [0, 0.1) is 0 Å². The molecule has 0 aliphatic carbocycles. The molecule has 1 aromatic carbocycles. The van der Waals surface area contributed by atoms with Gasteiger partial charge in [-0.05, 0) is 30.5 Å². The average molecular weight is 252 g/mol. The van der Waals surface area contributed by atoms with Crippen molar-refractivity contribution in [2.24, 2.45) is 5.73 Å². The molecule has 0 heterocycles. The fourth-order valence-electron chi connectivity index (χ4n) is 1.77. The third-order valence-electron chi connectivity index (χ3n) is 2.75. The fraction of sp³-hybridized carbons (Fsp3) is 0.462. The highest BCUT2D eigenvalue weighted by molar-refractivity contribution is 5.81. The van der Waals surface area contributed by atoms with Crippen LogP contribution in [-0.4, -0.2) is 40.7 Å². The second kappa shape index (κ2) is 6.26. The van der Waals surface area contributed by atoms with E-state index in [2.05, 4.69) is 0 Å². The molecule has 0 aliphatic rings. The number of nitrogens with zero attached hydrogens (tertiary/aromatic N) is 1. The molecule has 4 N–H and O–H groups in total. The fourth-order valence-corrected chi connectivity index (χ4v) is 1.77. The molecule has 0 aliphatic heterocycles. The van der Waals surface area contributed by atoms with Crippen LogP contribution >= 0.6 is 0 Å². The lowest BCUT2D eigenvalue weighted by atomic mass is 10.0. The first-order valence-corrected chi connectivity index (χ1v) is 5.97. The van der Waals surface area contributed by atoms with E-state index in [9.17, 15) is 15.0 Å². The highest BCUT2D eigenvalue weighted by Gasteiger charge is 2.18. The Hall–Kier alpha value is -1.75. The first kappa shape index (κ1) is 14.3. The molecule has 0 radical (unpaired) electrons. The van der Waals surface area contributed by atoms with Crippen LogP contribution in [0.3, 0.4) is 0 Å². The number of phenols is 2.